The Bertz CT molecular complexity index is 540. The zero-order valence-corrected chi connectivity index (χ0v) is 7.46. The molecule has 0 spiro atoms. The topological polar surface area (TPSA) is 52.5 Å². The fourth-order valence-electron chi connectivity index (χ4n) is 1.20. The lowest BCUT2D eigenvalue weighted by Crippen LogP contribution is -1.89. The summed E-state index contributed by atoms with van der Waals surface area (Å²) >= 11 is 0. The molecule has 2 rings (SSSR count). The van der Waals surface area contributed by atoms with Gasteiger partial charge < -0.3 is 4.98 Å². The maximum Gasteiger partial charge on any atom is 0.248 e. The summed E-state index contributed by atoms with van der Waals surface area (Å²) in [5, 5.41) is 8.57. The molecule has 3 nitrogen and oxygen atoms in total. The van der Waals surface area contributed by atoms with Crippen LogP contribution in [0.4, 0.5) is 8.78 Å². The van der Waals surface area contributed by atoms with Crippen molar-refractivity contribution in [2.45, 2.75) is 0 Å². The molecule has 2 aromatic heterocycles. The van der Waals surface area contributed by atoms with Gasteiger partial charge in [-0.05, 0) is 12.1 Å². The van der Waals surface area contributed by atoms with Gasteiger partial charge in [-0.1, -0.05) is 0 Å². The van der Waals surface area contributed by atoms with Crippen molar-refractivity contribution in [2.75, 3.05) is 0 Å². The highest BCUT2D eigenvalue weighted by atomic mass is 19.2. The minimum absolute atomic E-state index is 0.356. The molecule has 2 heterocycles. The van der Waals surface area contributed by atoms with Crippen molar-refractivity contribution in [3.63, 3.8) is 0 Å². The second kappa shape index (κ2) is 3.50. The van der Waals surface area contributed by atoms with Crippen LogP contribution >= 0.6 is 0 Å². The zero-order chi connectivity index (χ0) is 10.8. The number of nitriles is 1. The first-order valence-electron chi connectivity index (χ1n) is 4.10. The number of hydrogen-bond acceptors (Lipinski definition) is 2. The largest absolute Gasteiger partial charge is 0.352 e. The molecule has 0 fully saturated rings. The van der Waals surface area contributed by atoms with E-state index in [1.165, 1.54) is 18.5 Å². The van der Waals surface area contributed by atoms with Crippen LogP contribution < -0.4 is 0 Å². The summed E-state index contributed by atoms with van der Waals surface area (Å²) < 4.78 is 25.4. The van der Waals surface area contributed by atoms with E-state index in [0.717, 1.165) is 6.07 Å². The first kappa shape index (κ1) is 9.34. The van der Waals surface area contributed by atoms with Crippen molar-refractivity contribution in [3.8, 4) is 17.2 Å². The van der Waals surface area contributed by atoms with Gasteiger partial charge in [-0.3, -0.25) is 0 Å². The predicted octanol–water partition coefficient (Wildman–Crippen LogP) is 2.23. The van der Waals surface area contributed by atoms with Crippen LogP contribution in [0.3, 0.4) is 0 Å². The average Bonchev–Trinajstić information content (AvgIpc) is 2.70. The van der Waals surface area contributed by atoms with Crippen molar-refractivity contribution < 1.29 is 8.78 Å². The highest BCUT2D eigenvalue weighted by molar-refractivity contribution is 5.63. The van der Waals surface area contributed by atoms with Gasteiger partial charge in [0.2, 0.25) is 5.95 Å². The van der Waals surface area contributed by atoms with E-state index in [1.807, 2.05) is 6.07 Å². The summed E-state index contributed by atoms with van der Waals surface area (Å²) in [4.78, 5) is 5.93. The maximum absolute atomic E-state index is 12.8. The monoisotopic (exact) mass is 205 g/mol. The Morgan fingerprint density at radius 2 is 2.07 bits per heavy atom. The molecule has 74 valence electrons. The van der Waals surface area contributed by atoms with E-state index in [2.05, 4.69) is 9.97 Å². The molecule has 0 aromatic carbocycles. The molecule has 15 heavy (non-hydrogen) atoms. The minimum atomic E-state index is -1.13. The lowest BCUT2D eigenvalue weighted by molar-refractivity contribution is 0.480. The van der Waals surface area contributed by atoms with Crippen LogP contribution in [0, 0.1) is 23.1 Å². The number of H-pyrrole nitrogens is 1. The molecule has 0 radical (unpaired) electrons. The van der Waals surface area contributed by atoms with Gasteiger partial charge in [-0.15, -0.1) is 0 Å². The standard InChI is InChI=1S/C10H5F2N3/c11-9-2-7(5-15-10(9)12)6-1-8(3-13)14-4-6/h1-2,4-5,14H. The Morgan fingerprint density at radius 1 is 1.27 bits per heavy atom. The summed E-state index contributed by atoms with van der Waals surface area (Å²) in [6.07, 6.45) is 2.75. The van der Waals surface area contributed by atoms with Crippen molar-refractivity contribution in [1.29, 1.82) is 5.26 Å². The molecule has 0 aliphatic carbocycles. The van der Waals surface area contributed by atoms with Gasteiger partial charge in [-0.2, -0.15) is 9.65 Å². The Morgan fingerprint density at radius 3 is 2.67 bits per heavy atom. The number of nitrogens with zero attached hydrogens (tertiary/aromatic N) is 2. The second-order valence-electron chi connectivity index (χ2n) is 2.91. The molecular formula is C10H5F2N3. The summed E-state index contributed by atoms with van der Waals surface area (Å²) in [7, 11) is 0. The number of pyridine rings is 1. The average molecular weight is 205 g/mol. The van der Waals surface area contributed by atoms with Gasteiger partial charge in [0.25, 0.3) is 0 Å². The Labute approximate surface area is 84.0 Å². The van der Waals surface area contributed by atoms with Gasteiger partial charge in [0.1, 0.15) is 11.8 Å². The van der Waals surface area contributed by atoms with Crippen LogP contribution in [0.15, 0.2) is 24.5 Å². The van der Waals surface area contributed by atoms with Crippen molar-refractivity contribution >= 4 is 0 Å². The lowest BCUT2D eigenvalue weighted by atomic mass is 10.1. The van der Waals surface area contributed by atoms with Gasteiger partial charge in [0, 0.05) is 23.5 Å². The summed E-state index contributed by atoms with van der Waals surface area (Å²) in [6.45, 7) is 0. The molecule has 0 unspecified atom stereocenters. The Hall–Kier alpha value is -2.22. The van der Waals surface area contributed by atoms with Crippen LogP contribution in [-0.4, -0.2) is 9.97 Å². The smallest absolute Gasteiger partial charge is 0.248 e. The summed E-state index contributed by atoms with van der Waals surface area (Å²) in [6, 6.07) is 4.47. The zero-order valence-electron chi connectivity index (χ0n) is 7.46. The summed E-state index contributed by atoms with van der Waals surface area (Å²) in [5.74, 6) is -2.14. The number of nitrogens with one attached hydrogen (secondary N) is 1. The molecule has 0 saturated heterocycles. The van der Waals surface area contributed by atoms with Crippen LogP contribution in [0.2, 0.25) is 0 Å². The van der Waals surface area contributed by atoms with E-state index < -0.39 is 11.8 Å². The maximum atomic E-state index is 12.8. The van der Waals surface area contributed by atoms with Crippen LogP contribution in [-0.2, 0) is 0 Å². The molecule has 5 heteroatoms. The molecule has 0 bridgehead atoms. The molecule has 0 atom stereocenters. The first-order chi connectivity index (χ1) is 7.20. The second-order valence-corrected chi connectivity index (χ2v) is 2.91. The summed E-state index contributed by atoms with van der Waals surface area (Å²) in [5.41, 5.74) is 1.37. The fourth-order valence-corrected chi connectivity index (χ4v) is 1.20. The van der Waals surface area contributed by atoms with Crippen molar-refractivity contribution in [3.05, 3.63) is 42.0 Å². The van der Waals surface area contributed by atoms with Crippen molar-refractivity contribution in [1.82, 2.24) is 9.97 Å². The number of rotatable bonds is 1. The van der Waals surface area contributed by atoms with E-state index in [9.17, 15) is 8.78 Å². The van der Waals surface area contributed by atoms with Gasteiger partial charge in [-0.25, -0.2) is 9.37 Å². The number of aromatic amines is 1. The molecule has 0 aliphatic rings. The van der Waals surface area contributed by atoms with Gasteiger partial charge in [0.05, 0.1) is 0 Å². The highest BCUT2D eigenvalue weighted by Crippen LogP contribution is 2.20. The van der Waals surface area contributed by atoms with E-state index in [4.69, 9.17) is 5.26 Å². The van der Waals surface area contributed by atoms with Gasteiger partial charge >= 0.3 is 0 Å². The van der Waals surface area contributed by atoms with E-state index in [0.29, 0.717) is 16.8 Å². The fraction of sp³-hybridized carbons (Fsp3) is 0. The minimum Gasteiger partial charge on any atom is -0.352 e. The van der Waals surface area contributed by atoms with Crippen LogP contribution in [0.25, 0.3) is 11.1 Å². The third-order valence-corrected chi connectivity index (χ3v) is 1.93. The molecule has 0 amide bonds. The van der Waals surface area contributed by atoms with Crippen LogP contribution in [0.5, 0.6) is 0 Å². The SMILES string of the molecule is N#Cc1cc(-c2cnc(F)c(F)c2)c[nH]1. The molecule has 0 saturated carbocycles. The predicted molar refractivity (Wildman–Crippen MR) is 48.7 cm³/mol. The first-order valence-corrected chi connectivity index (χ1v) is 4.10. The Balaban J connectivity index is 2.46. The quantitative estimate of drug-likeness (QED) is 0.725. The Kier molecular flexibility index (Phi) is 2.18. The molecule has 2 aromatic rings. The molecule has 0 aliphatic heterocycles. The molecule has 1 N–H and O–H groups in total. The number of hydrogen-bond donors (Lipinski definition) is 1. The van der Waals surface area contributed by atoms with Crippen molar-refractivity contribution in [2.24, 2.45) is 0 Å². The number of halogens is 2. The highest BCUT2D eigenvalue weighted by Gasteiger charge is 2.07. The third-order valence-electron chi connectivity index (χ3n) is 1.93. The van der Waals surface area contributed by atoms with E-state index in [1.54, 1.807) is 0 Å². The normalized spacial score (nSPS) is 9.93. The lowest BCUT2D eigenvalue weighted by Gasteiger charge is -1.96. The van der Waals surface area contributed by atoms with Gasteiger partial charge in [0.15, 0.2) is 5.82 Å². The van der Waals surface area contributed by atoms with E-state index >= 15 is 0 Å². The molecular weight excluding hydrogens is 200 g/mol. The third kappa shape index (κ3) is 1.70. The van der Waals surface area contributed by atoms with E-state index in [-0.39, 0.29) is 0 Å². The number of aromatic nitrogens is 2. The van der Waals surface area contributed by atoms with Crippen LogP contribution in [0.1, 0.15) is 5.69 Å².